The summed E-state index contributed by atoms with van der Waals surface area (Å²) >= 11 is 6.00. The van der Waals surface area contributed by atoms with Crippen molar-refractivity contribution in [2.45, 2.75) is 20.3 Å². The van der Waals surface area contributed by atoms with Gasteiger partial charge in [-0.2, -0.15) is 0 Å². The number of rotatable bonds is 3. The third-order valence-corrected chi connectivity index (χ3v) is 2.88. The van der Waals surface area contributed by atoms with Gasteiger partial charge in [0.1, 0.15) is 0 Å². The molecule has 0 aliphatic rings. The number of aryl methyl sites for hydroxylation is 1. The third kappa shape index (κ3) is 2.59. The lowest BCUT2D eigenvalue weighted by Crippen LogP contribution is -1.99. The zero-order valence-electron chi connectivity index (χ0n) is 10.5. The number of allylic oxidation sites excluding steroid dienone is 1. The largest absolute Gasteiger partial charge is 0.223 e. The van der Waals surface area contributed by atoms with Crippen LogP contribution in [0.15, 0.2) is 36.4 Å². The highest BCUT2D eigenvalue weighted by Gasteiger charge is 2.11. The van der Waals surface area contributed by atoms with Gasteiger partial charge in [-0.15, -0.1) is 0 Å². The van der Waals surface area contributed by atoms with Gasteiger partial charge in [-0.3, -0.25) is 0 Å². The fraction of sp³-hybridized carbons (Fsp3) is 0.200. The summed E-state index contributed by atoms with van der Waals surface area (Å²) in [7, 11) is 0. The minimum Gasteiger partial charge on any atom is -0.222 e. The quantitative estimate of drug-likeness (QED) is 0.763. The van der Waals surface area contributed by atoms with Crippen molar-refractivity contribution < 1.29 is 0 Å². The van der Waals surface area contributed by atoms with Crippen LogP contribution in [-0.2, 0) is 6.42 Å². The molecule has 0 bridgehead atoms. The number of benzene rings is 1. The van der Waals surface area contributed by atoms with Crippen LogP contribution in [0.25, 0.3) is 17.3 Å². The molecule has 0 aliphatic heterocycles. The van der Waals surface area contributed by atoms with E-state index in [0.29, 0.717) is 5.28 Å². The second kappa shape index (κ2) is 5.78. The average molecular weight is 259 g/mol. The van der Waals surface area contributed by atoms with Crippen molar-refractivity contribution in [3.63, 3.8) is 0 Å². The number of aromatic nitrogens is 2. The molecule has 2 rings (SSSR count). The molecule has 1 aromatic heterocycles. The Morgan fingerprint density at radius 1 is 1.17 bits per heavy atom. The summed E-state index contributed by atoms with van der Waals surface area (Å²) in [5, 5.41) is 0.305. The molecule has 3 heteroatoms. The molecule has 92 valence electrons. The van der Waals surface area contributed by atoms with E-state index in [1.54, 1.807) is 0 Å². The van der Waals surface area contributed by atoms with Gasteiger partial charge in [0.2, 0.25) is 5.28 Å². The highest BCUT2D eigenvalue weighted by molar-refractivity contribution is 6.28. The summed E-state index contributed by atoms with van der Waals surface area (Å²) in [6, 6.07) is 10.0. The van der Waals surface area contributed by atoms with Gasteiger partial charge >= 0.3 is 0 Å². The lowest BCUT2D eigenvalue weighted by molar-refractivity contribution is 0.994. The Labute approximate surface area is 112 Å². The van der Waals surface area contributed by atoms with E-state index in [0.717, 1.165) is 28.9 Å². The summed E-state index contributed by atoms with van der Waals surface area (Å²) in [5.41, 5.74) is 3.98. The first kappa shape index (κ1) is 12.8. The van der Waals surface area contributed by atoms with E-state index >= 15 is 0 Å². The van der Waals surface area contributed by atoms with E-state index in [1.165, 1.54) is 0 Å². The van der Waals surface area contributed by atoms with Crippen LogP contribution in [0.3, 0.4) is 0 Å². The van der Waals surface area contributed by atoms with Crippen molar-refractivity contribution in [1.29, 1.82) is 0 Å². The van der Waals surface area contributed by atoms with E-state index in [9.17, 15) is 0 Å². The Bertz CT molecular complexity index is 562. The first-order valence-electron chi connectivity index (χ1n) is 6.00. The molecular formula is C15H15ClN2. The van der Waals surface area contributed by atoms with Gasteiger partial charge in [0.25, 0.3) is 0 Å². The van der Waals surface area contributed by atoms with Crippen LogP contribution >= 0.6 is 11.6 Å². The van der Waals surface area contributed by atoms with Gasteiger partial charge in [0.15, 0.2) is 0 Å². The maximum absolute atomic E-state index is 6.00. The molecule has 2 nitrogen and oxygen atoms in total. The van der Waals surface area contributed by atoms with Crippen LogP contribution in [0.4, 0.5) is 0 Å². The molecule has 1 heterocycles. The van der Waals surface area contributed by atoms with E-state index in [2.05, 4.69) is 16.9 Å². The van der Waals surface area contributed by atoms with Crippen LogP contribution in [-0.4, -0.2) is 9.97 Å². The van der Waals surface area contributed by atoms with Gasteiger partial charge in [-0.05, 0) is 24.9 Å². The molecule has 2 aromatic rings. The summed E-state index contributed by atoms with van der Waals surface area (Å²) in [6.07, 6.45) is 4.87. The van der Waals surface area contributed by atoms with Crippen molar-refractivity contribution in [2.75, 3.05) is 0 Å². The Morgan fingerprint density at radius 2 is 1.89 bits per heavy atom. The smallest absolute Gasteiger partial charge is 0.222 e. The average Bonchev–Trinajstić information content (AvgIpc) is 2.41. The normalized spacial score (nSPS) is 11.1. The molecule has 0 saturated heterocycles. The molecule has 1 aromatic carbocycles. The molecule has 0 fully saturated rings. The topological polar surface area (TPSA) is 25.8 Å². The molecule has 0 saturated carbocycles. The van der Waals surface area contributed by atoms with Crippen molar-refractivity contribution >= 4 is 17.7 Å². The lowest BCUT2D eigenvalue weighted by atomic mass is 10.0. The lowest BCUT2D eigenvalue weighted by Gasteiger charge is -2.10. The summed E-state index contributed by atoms with van der Waals surface area (Å²) < 4.78 is 0. The zero-order chi connectivity index (χ0) is 13.0. The minimum absolute atomic E-state index is 0.305. The van der Waals surface area contributed by atoms with Crippen LogP contribution < -0.4 is 0 Å². The monoisotopic (exact) mass is 258 g/mol. The SMILES string of the molecule is C/C=C\c1c(CC)nc(Cl)nc1-c1ccccc1. The van der Waals surface area contributed by atoms with E-state index in [-0.39, 0.29) is 0 Å². The molecule has 0 unspecified atom stereocenters. The number of halogens is 1. The first-order chi connectivity index (χ1) is 8.76. The van der Waals surface area contributed by atoms with Crippen LogP contribution in [0.1, 0.15) is 25.1 Å². The number of nitrogens with zero attached hydrogens (tertiary/aromatic N) is 2. The van der Waals surface area contributed by atoms with Gasteiger partial charge in [-0.1, -0.05) is 49.4 Å². The molecular weight excluding hydrogens is 244 g/mol. The van der Waals surface area contributed by atoms with Crippen molar-refractivity contribution in [2.24, 2.45) is 0 Å². The van der Waals surface area contributed by atoms with Gasteiger partial charge in [0.05, 0.1) is 11.4 Å². The van der Waals surface area contributed by atoms with Crippen LogP contribution in [0, 0.1) is 0 Å². The summed E-state index contributed by atoms with van der Waals surface area (Å²) in [6.45, 7) is 4.06. The molecule has 0 radical (unpaired) electrons. The molecule has 0 N–H and O–H groups in total. The fourth-order valence-electron chi connectivity index (χ4n) is 1.91. The van der Waals surface area contributed by atoms with E-state index in [1.807, 2.05) is 49.4 Å². The highest BCUT2D eigenvalue weighted by atomic mass is 35.5. The maximum Gasteiger partial charge on any atom is 0.223 e. The highest BCUT2D eigenvalue weighted by Crippen LogP contribution is 2.26. The third-order valence-electron chi connectivity index (χ3n) is 2.71. The number of hydrogen-bond donors (Lipinski definition) is 0. The standard InChI is InChI=1S/C15H15ClN2/c1-3-8-12-13(4-2)17-15(16)18-14(12)11-9-6-5-7-10-11/h3,5-10H,4H2,1-2H3/b8-3-. The number of hydrogen-bond acceptors (Lipinski definition) is 2. The summed E-state index contributed by atoms with van der Waals surface area (Å²) in [4.78, 5) is 8.67. The summed E-state index contributed by atoms with van der Waals surface area (Å²) in [5.74, 6) is 0. The van der Waals surface area contributed by atoms with Crippen molar-refractivity contribution in [1.82, 2.24) is 9.97 Å². The Hall–Kier alpha value is -1.67. The van der Waals surface area contributed by atoms with Gasteiger partial charge in [0, 0.05) is 11.1 Å². The van der Waals surface area contributed by atoms with Gasteiger partial charge < -0.3 is 0 Å². The van der Waals surface area contributed by atoms with Crippen molar-refractivity contribution in [3.05, 3.63) is 52.9 Å². The Morgan fingerprint density at radius 3 is 2.50 bits per heavy atom. The van der Waals surface area contributed by atoms with Crippen LogP contribution in [0.2, 0.25) is 5.28 Å². The molecule has 0 amide bonds. The second-order valence-electron chi connectivity index (χ2n) is 3.92. The molecule has 0 spiro atoms. The molecule has 18 heavy (non-hydrogen) atoms. The Balaban J connectivity index is 2.68. The van der Waals surface area contributed by atoms with Gasteiger partial charge in [-0.25, -0.2) is 9.97 Å². The molecule has 0 aliphatic carbocycles. The molecule has 0 atom stereocenters. The first-order valence-corrected chi connectivity index (χ1v) is 6.38. The predicted octanol–water partition coefficient (Wildman–Crippen LogP) is 4.39. The van der Waals surface area contributed by atoms with Crippen LogP contribution in [0.5, 0.6) is 0 Å². The second-order valence-corrected chi connectivity index (χ2v) is 4.26. The van der Waals surface area contributed by atoms with E-state index < -0.39 is 0 Å². The minimum atomic E-state index is 0.305. The maximum atomic E-state index is 6.00. The Kier molecular flexibility index (Phi) is 4.11. The fourth-order valence-corrected chi connectivity index (χ4v) is 2.10. The van der Waals surface area contributed by atoms with E-state index in [4.69, 9.17) is 11.6 Å². The zero-order valence-corrected chi connectivity index (χ0v) is 11.3. The van der Waals surface area contributed by atoms with Crippen molar-refractivity contribution in [3.8, 4) is 11.3 Å². The predicted molar refractivity (Wildman–Crippen MR) is 76.6 cm³/mol.